The quantitative estimate of drug-likeness (QED) is 0.878. The van der Waals surface area contributed by atoms with Crippen LogP contribution in [0.15, 0.2) is 30.5 Å². The van der Waals surface area contributed by atoms with Gasteiger partial charge >= 0.3 is 0 Å². The van der Waals surface area contributed by atoms with Crippen molar-refractivity contribution < 1.29 is 4.74 Å². The molecule has 0 radical (unpaired) electrons. The lowest BCUT2D eigenvalue weighted by Crippen LogP contribution is -2.36. The lowest BCUT2D eigenvalue weighted by molar-refractivity contribution is 0.0875. The molecule has 0 bridgehead atoms. The lowest BCUT2D eigenvalue weighted by Gasteiger charge is -2.32. The third kappa shape index (κ3) is 3.17. The zero-order valence-corrected chi connectivity index (χ0v) is 12.6. The van der Waals surface area contributed by atoms with Gasteiger partial charge in [-0.25, -0.2) is 0 Å². The molecule has 1 unspecified atom stereocenters. The number of likely N-dealkylation sites (tertiary alicyclic amines) is 1. The van der Waals surface area contributed by atoms with Crippen molar-refractivity contribution in [3.8, 4) is 0 Å². The van der Waals surface area contributed by atoms with E-state index in [2.05, 4.69) is 16.0 Å². The Morgan fingerprint density at radius 1 is 1.38 bits per heavy atom. The summed E-state index contributed by atoms with van der Waals surface area (Å²) < 4.78 is 5.31. The Labute approximate surface area is 125 Å². The van der Waals surface area contributed by atoms with Gasteiger partial charge in [-0.05, 0) is 49.1 Å². The van der Waals surface area contributed by atoms with E-state index in [1.54, 1.807) is 7.11 Å². The average Bonchev–Trinajstić information content (AvgIpc) is 2.51. The highest BCUT2D eigenvalue weighted by Crippen LogP contribution is 2.25. The molecule has 1 aromatic carbocycles. The molecule has 1 atom stereocenters. The van der Waals surface area contributed by atoms with E-state index in [1.165, 1.54) is 18.4 Å². The Kier molecular flexibility index (Phi) is 4.36. The minimum atomic E-state index is 0.650. The molecule has 0 aliphatic carbocycles. The van der Waals surface area contributed by atoms with E-state index in [0.717, 1.165) is 42.8 Å². The molecule has 0 saturated carbocycles. The van der Waals surface area contributed by atoms with Gasteiger partial charge in [0.05, 0.1) is 12.1 Å². The molecule has 0 amide bonds. The zero-order chi connectivity index (χ0) is 14.7. The molecule has 1 fully saturated rings. The molecule has 2 aromatic rings. The Hall–Kier alpha value is -1.65. The van der Waals surface area contributed by atoms with Crippen LogP contribution in [-0.2, 0) is 11.3 Å². The maximum absolute atomic E-state index is 6.05. The first-order valence-corrected chi connectivity index (χ1v) is 7.61. The number of anilines is 1. The Bertz CT molecular complexity index is 612. The number of nitrogens with two attached hydrogens (primary N) is 1. The molecule has 3 rings (SSSR count). The molecule has 1 aliphatic rings. The first-order valence-electron chi connectivity index (χ1n) is 7.61. The van der Waals surface area contributed by atoms with Gasteiger partial charge in [-0.1, -0.05) is 6.07 Å². The van der Waals surface area contributed by atoms with Gasteiger partial charge in [-0.2, -0.15) is 0 Å². The molecule has 1 aliphatic heterocycles. The summed E-state index contributed by atoms with van der Waals surface area (Å²) in [5, 5.41) is 1.06. The van der Waals surface area contributed by atoms with Gasteiger partial charge in [0.1, 0.15) is 0 Å². The SMILES string of the molecule is COCC1CCCN(Cc2ccc(N)c3cccnc23)C1. The van der Waals surface area contributed by atoms with Gasteiger partial charge in [0.25, 0.3) is 0 Å². The molecule has 21 heavy (non-hydrogen) atoms. The van der Waals surface area contributed by atoms with E-state index in [0.29, 0.717) is 5.92 Å². The van der Waals surface area contributed by atoms with E-state index in [1.807, 2.05) is 24.4 Å². The number of benzene rings is 1. The van der Waals surface area contributed by atoms with Crippen LogP contribution < -0.4 is 5.73 Å². The molecular weight excluding hydrogens is 262 g/mol. The fourth-order valence-corrected chi connectivity index (χ4v) is 3.29. The summed E-state index contributed by atoms with van der Waals surface area (Å²) in [5.74, 6) is 0.650. The number of rotatable bonds is 4. The van der Waals surface area contributed by atoms with Crippen molar-refractivity contribution in [2.24, 2.45) is 5.92 Å². The fraction of sp³-hybridized carbons (Fsp3) is 0.471. The number of methoxy groups -OCH3 is 1. The van der Waals surface area contributed by atoms with Crippen LogP contribution in [0.25, 0.3) is 10.9 Å². The van der Waals surface area contributed by atoms with Crippen LogP contribution >= 0.6 is 0 Å². The van der Waals surface area contributed by atoms with Crippen LogP contribution in [0.1, 0.15) is 18.4 Å². The maximum atomic E-state index is 6.05. The summed E-state index contributed by atoms with van der Waals surface area (Å²) in [5.41, 5.74) is 9.15. The topological polar surface area (TPSA) is 51.4 Å². The predicted octanol–water partition coefficient (Wildman–Crippen LogP) is 2.68. The lowest BCUT2D eigenvalue weighted by atomic mass is 9.98. The van der Waals surface area contributed by atoms with Crippen molar-refractivity contribution in [3.05, 3.63) is 36.0 Å². The summed E-state index contributed by atoms with van der Waals surface area (Å²) in [4.78, 5) is 7.04. The van der Waals surface area contributed by atoms with Crippen LogP contribution in [0.3, 0.4) is 0 Å². The van der Waals surface area contributed by atoms with Gasteiger partial charge in [0.15, 0.2) is 0 Å². The molecule has 4 nitrogen and oxygen atoms in total. The number of pyridine rings is 1. The Morgan fingerprint density at radius 2 is 2.29 bits per heavy atom. The van der Waals surface area contributed by atoms with E-state index in [9.17, 15) is 0 Å². The highest BCUT2D eigenvalue weighted by molar-refractivity contribution is 5.92. The average molecular weight is 285 g/mol. The van der Waals surface area contributed by atoms with Crippen molar-refractivity contribution >= 4 is 16.6 Å². The van der Waals surface area contributed by atoms with Crippen molar-refractivity contribution in [3.63, 3.8) is 0 Å². The largest absolute Gasteiger partial charge is 0.398 e. The van der Waals surface area contributed by atoms with Gasteiger partial charge in [-0.3, -0.25) is 9.88 Å². The van der Waals surface area contributed by atoms with Crippen LogP contribution in [0.4, 0.5) is 5.69 Å². The molecule has 2 heterocycles. The second kappa shape index (κ2) is 6.41. The molecular formula is C17H23N3O. The predicted molar refractivity (Wildman–Crippen MR) is 86.0 cm³/mol. The van der Waals surface area contributed by atoms with Crippen LogP contribution in [0.2, 0.25) is 0 Å². The van der Waals surface area contributed by atoms with Crippen molar-refractivity contribution in [2.75, 3.05) is 32.5 Å². The summed E-state index contributed by atoms with van der Waals surface area (Å²) in [7, 11) is 1.79. The van der Waals surface area contributed by atoms with Gasteiger partial charge < -0.3 is 10.5 Å². The summed E-state index contributed by atoms with van der Waals surface area (Å²) >= 11 is 0. The monoisotopic (exact) mass is 285 g/mol. The summed E-state index contributed by atoms with van der Waals surface area (Å²) in [6.45, 7) is 4.05. The molecule has 1 aromatic heterocycles. The number of aromatic nitrogens is 1. The van der Waals surface area contributed by atoms with E-state index in [4.69, 9.17) is 10.5 Å². The van der Waals surface area contributed by atoms with Crippen molar-refractivity contribution in [1.82, 2.24) is 9.88 Å². The van der Waals surface area contributed by atoms with Crippen LogP contribution in [0.5, 0.6) is 0 Å². The fourth-order valence-electron chi connectivity index (χ4n) is 3.29. The third-order valence-electron chi connectivity index (χ3n) is 4.29. The Balaban J connectivity index is 1.80. The number of nitrogen functional groups attached to an aromatic ring is 1. The molecule has 4 heteroatoms. The van der Waals surface area contributed by atoms with E-state index < -0.39 is 0 Å². The van der Waals surface area contributed by atoms with Crippen molar-refractivity contribution in [1.29, 1.82) is 0 Å². The molecule has 0 spiro atoms. The first-order chi connectivity index (χ1) is 10.3. The standard InChI is InChI=1S/C17H23N3O/c1-21-12-13-4-3-9-20(10-13)11-14-6-7-16(18)15-5-2-8-19-17(14)15/h2,5-8,13H,3-4,9-12,18H2,1H3. The van der Waals surface area contributed by atoms with Crippen molar-refractivity contribution in [2.45, 2.75) is 19.4 Å². The number of fused-ring (bicyclic) bond motifs is 1. The van der Waals surface area contributed by atoms with Crippen LogP contribution in [-0.4, -0.2) is 36.7 Å². The Morgan fingerprint density at radius 3 is 3.14 bits per heavy atom. The first kappa shape index (κ1) is 14.3. The summed E-state index contributed by atoms with van der Waals surface area (Å²) in [6, 6.07) is 8.10. The number of piperidine rings is 1. The normalized spacial score (nSPS) is 20.0. The zero-order valence-electron chi connectivity index (χ0n) is 12.6. The highest BCUT2D eigenvalue weighted by atomic mass is 16.5. The molecule has 1 saturated heterocycles. The number of hydrogen-bond donors (Lipinski definition) is 1. The minimum Gasteiger partial charge on any atom is -0.398 e. The third-order valence-corrected chi connectivity index (χ3v) is 4.29. The van der Waals surface area contributed by atoms with E-state index >= 15 is 0 Å². The van der Waals surface area contributed by atoms with Gasteiger partial charge in [-0.15, -0.1) is 0 Å². The second-order valence-electron chi connectivity index (χ2n) is 5.91. The second-order valence-corrected chi connectivity index (χ2v) is 5.91. The van der Waals surface area contributed by atoms with Gasteiger partial charge in [0.2, 0.25) is 0 Å². The highest BCUT2D eigenvalue weighted by Gasteiger charge is 2.20. The minimum absolute atomic E-state index is 0.650. The molecule has 112 valence electrons. The van der Waals surface area contributed by atoms with E-state index in [-0.39, 0.29) is 0 Å². The number of nitrogens with zero attached hydrogens (tertiary/aromatic N) is 2. The number of ether oxygens (including phenoxy) is 1. The molecule has 2 N–H and O–H groups in total. The number of hydrogen-bond acceptors (Lipinski definition) is 4. The smallest absolute Gasteiger partial charge is 0.0767 e. The van der Waals surface area contributed by atoms with Gasteiger partial charge in [0, 0.05) is 37.5 Å². The summed E-state index contributed by atoms with van der Waals surface area (Å²) in [6.07, 6.45) is 4.36. The maximum Gasteiger partial charge on any atom is 0.0767 e. The van der Waals surface area contributed by atoms with Crippen LogP contribution in [0, 0.1) is 5.92 Å².